The molecule has 2 aromatic rings. The average Bonchev–Trinajstić information content (AvgIpc) is 2.56. The Kier molecular flexibility index (Phi) is 5.10. The second-order valence-electron chi connectivity index (χ2n) is 6.78. The van der Waals surface area contributed by atoms with Crippen molar-refractivity contribution in [1.82, 2.24) is 0 Å². The van der Waals surface area contributed by atoms with Gasteiger partial charge >= 0.3 is 0 Å². The zero-order valence-corrected chi connectivity index (χ0v) is 17.1. The lowest BCUT2D eigenvalue weighted by molar-refractivity contribution is -0.122. The minimum Gasteiger partial charge on any atom is -0.476 e. The Balaban J connectivity index is 1.92. The Morgan fingerprint density at radius 2 is 1.81 bits per heavy atom. The van der Waals surface area contributed by atoms with Gasteiger partial charge in [-0.1, -0.05) is 29.3 Å². The topological polar surface area (TPSA) is 75.7 Å². The van der Waals surface area contributed by atoms with E-state index in [2.05, 4.69) is 5.32 Å². The molecule has 1 aliphatic rings. The highest BCUT2D eigenvalue weighted by molar-refractivity contribution is 7.92. The Labute approximate surface area is 164 Å². The van der Waals surface area contributed by atoms with Crippen LogP contribution in [-0.4, -0.2) is 33.2 Å². The van der Waals surface area contributed by atoms with Gasteiger partial charge in [0.15, 0.2) is 6.10 Å². The number of aryl methyl sites for hydroxylation is 3. The molecule has 2 aromatic carbocycles. The van der Waals surface area contributed by atoms with Gasteiger partial charge in [0.1, 0.15) is 5.75 Å². The minimum absolute atomic E-state index is 0.123. The van der Waals surface area contributed by atoms with Crippen LogP contribution in [-0.2, 0) is 14.8 Å². The molecule has 0 aliphatic carbocycles. The van der Waals surface area contributed by atoms with Crippen LogP contribution in [0.4, 0.5) is 11.4 Å². The lowest BCUT2D eigenvalue weighted by Gasteiger charge is -2.34. The molecule has 3 rings (SSSR count). The Morgan fingerprint density at radius 1 is 1.19 bits per heavy atom. The number of carbonyl (C=O) groups excluding carboxylic acids is 1. The monoisotopic (exact) mass is 408 g/mol. The molecule has 6 nitrogen and oxygen atoms in total. The number of amides is 1. The van der Waals surface area contributed by atoms with E-state index in [4.69, 9.17) is 16.3 Å². The van der Waals surface area contributed by atoms with Crippen LogP contribution in [0.3, 0.4) is 0 Å². The first-order valence-electron chi connectivity index (χ1n) is 8.39. The van der Waals surface area contributed by atoms with E-state index in [0.29, 0.717) is 22.1 Å². The van der Waals surface area contributed by atoms with Crippen LogP contribution in [0.1, 0.15) is 16.7 Å². The first-order valence-corrected chi connectivity index (χ1v) is 10.6. The summed E-state index contributed by atoms with van der Waals surface area (Å²) in [6.45, 7) is 5.69. The Bertz CT molecular complexity index is 997. The second-order valence-corrected chi connectivity index (χ2v) is 9.12. The van der Waals surface area contributed by atoms with Gasteiger partial charge in [0.25, 0.3) is 5.91 Å². The van der Waals surface area contributed by atoms with Crippen molar-refractivity contribution in [2.45, 2.75) is 26.9 Å². The Morgan fingerprint density at radius 3 is 2.41 bits per heavy atom. The van der Waals surface area contributed by atoms with Gasteiger partial charge in [-0.15, -0.1) is 0 Å². The summed E-state index contributed by atoms with van der Waals surface area (Å²) in [4.78, 5) is 12.8. The van der Waals surface area contributed by atoms with Crippen molar-refractivity contribution in [1.29, 1.82) is 0 Å². The third-order valence-corrected chi connectivity index (χ3v) is 5.79. The number of fused-ring (bicyclic) bond motifs is 1. The molecule has 1 atom stereocenters. The van der Waals surface area contributed by atoms with Crippen molar-refractivity contribution >= 4 is 38.9 Å². The summed E-state index contributed by atoms with van der Waals surface area (Å²) in [6, 6.07) is 8.63. The lowest BCUT2D eigenvalue weighted by Crippen LogP contribution is -2.48. The highest BCUT2D eigenvalue weighted by Gasteiger charge is 2.35. The molecule has 0 aromatic heterocycles. The average molecular weight is 409 g/mol. The fourth-order valence-electron chi connectivity index (χ4n) is 3.26. The summed E-state index contributed by atoms with van der Waals surface area (Å²) in [5, 5.41) is 3.27. The molecule has 0 radical (unpaired) electrons. The van der Waals surface area contributed by atoms with E-state index in [-0.39, 0.29) is 6.54 Å². The molecule has 0 spiro atoms. The normalized spacial score (nSPS) is 16.5. The van der Waals surface area contributed by atoms with Crippen LogP contribution in [0.2, 0.25) is 5.02 Å². The highest BCUT2D eigenvalue weighted by Crippen LogP contribution is 2.37. The maximum atomic E-state index is 12.8. The van der Waals surface area contributed by atoms with Crippen LogP contribution in [0.15, 0.2) is 30.3 Å². The number of nitrogens with zero attached hydrogens (tertiary/aromatic N) is 1. The zero-order chi connectivity index (χ0) is 19.9. The fourth-order valence-corrected chi connectivity index (χ4v) is 4.33. The number of sulfonamides is 1. The molecule has 1 heterocycles. The van der Waals surface area contributed by atoms with Crippen molar-refractivity contribution in [3.8, 4) is 5.75 Å². The van der Waals surface area contributed by atoms with Gasteiger partial charge in [-0.05, 0) is 50.1 Å². The van der Waals surface area contributed by atoms with Crippen molar-refractivity contribution < 1.29 is 17.9 Å². The first-order chi connectivity index (χ1) is 12.6. The molecule has 0 unspecified atom stereocenters. The summed E-state index contributed by atoms with van der Waals surface area (Å²) < 4.78 is 31.4. The van der Waals surface area contributed by atoms with E-state index < -0.39 is 22.0 Å². The molecule has 27 heavy (non-hydrogen) atoms. The molecule has 0 bridgehead atoms. The molecular weight excluding hydrogens is 388 g/mol. The van der Waals surface area contributed by atoms with Crippen LogP contribution in [0.5, 0.6) is 5.75 Å². The number of nitrogens with one attached hydrogen (secondary N) is 1. The Hall–Kier alpha value is -2.25. The van der Waals surface area contributed by atoms with E-state index in [1.807, 2.05) is 32.9 Å². The number of benzene rings is 2. The van der Waals surface area contributed by atoms with Gasteiger partial charge < -0.3 is 10.1 Å². The van der Waals surface area contributed by atoms with Crippen molar-refractivity contribution in [2.75, 3.05) is 22.4 Å². The second kappa shape index (κ2) is 7.05. The third kappa shape index (κ3) is 4.04. The number of rotatable bonds is 3. The van der Waals surface area contributed by atoms with Gasteiger partial charge in [-0.2, -0.15) is 0 Å². The number of hydrogen-bond acceptors (Lipinski definition) is 4. The maximum absolute atomic E-state index is 12.8. The molecular formula is C19H21ClN2O4S. The van der Waals surface area contributed by atoms with Crippen LogP contribution in [0.25, 0.3) is 0 Å². The SMILES string of the molecule is Cc1cc(C)c(NC(=O)[C@@H]2CN(S(C)(=O)=O)c3cc(Cl)ccc3O2)c(C)c1. The number of halogens is 1. The highest BCUT2D eigenvalue weighted by atomic mass is 35.5. The summed E-state index contributed by atoms with van der Waals surface area (Å²) in [7, 11) is -3.60. The van der Waals surface area contributed by atoms with Gasteiger partial charge in [0, 0.05) is 10.7 Å². The number of anilines is 2. The molecule has 0 saturated carbocycles. The summed E-state index contributed by atoms with van der Waals surface area (Å²) in [5.41, 5.74) is 4.01. The smallest absolute Gasteiger partial charge is 0.267 e. The van der Waals surface area contributed by atoms with Crippen molar-refractivity contribution in [3.63, 3.8) is 0 Å². The van der Waals surface area contributed by atoms with Gasteiger partial charge in [-0.3, -0.25) is 9.10 Å². The standard InChI is InChI=1S/C19H21ClN2O4S/c1-11-7-12(2)18(13(3)8-11)21-19(23)17-10-22(27(4,24)25)15-9-14(20)5-6-16(15)26-17/h5-9,17H,10H2,1-4H3,(H,21,23)/t17-/m0/s1. The predicted molar refractivity (Wildman–Crippen MR) is 107 cm³/mol. The fraction of sp³-hybridized carbons (Fsp3) is 0.316. The molecule has 0 fully saturated rings. The number of ether oxygens (including phenoxy) is 1. The lowest BCUT2D eigenvalue weighted by atomic mass is 10.0. The van der Waals surface area contributed by atoms with E-state index in [1.165, 1.54) is 6.07 Å². The first kappa shape index (κ1) is 19.5. The van der Waals surface area contributed by atoms with Gasteiger partial charge in [0.05, 0.1) is 18.5 Å². The minimum atomic E-state index is -3.60. The van der Waals surface area contributed by atoms with Crippen LogP contribution < -0.4 is 14.4 Å². The summed E-state index contributed by atoms with van der Waals surface area (Å²) in [6.07, 6.45) is 0.111. The zero-order valence-electron chi connectivity index (χ0n) is 15.5. The predicted octanol–water partition coefficient (Wildman–Crippen LogP) is 3.43. The molecule has 1 aliphatic heterocycles. The number of carbonyl (C=O) groups is 1. The van der Waals surface area contributed by atoms with Crippen LogP contribution >= 0.6 is 11.6 Å². The van der Waals surface area contributed by atoms with Crippen molar-refractivity contribution in [3.05, 3.63) is 52.0 Å². The molecule has 144 valence electrons. The van der Waals surface area contributed by atoms with Crippen LogP contribution in [0, 0.1) is 20.8 Å². The third-order valence-electron chi connectivity index (χ3n) is 4.41. The maximum Gasteiger partial charge on any atom is 0.267 e. The van der Waals surface area contributed by atoms with E-state index in [1.54, 1.807) is 12.1 Å². The summed E-state index contributed by atoms with van der Waals surface area (Å²) in [5.74, 6) is -0.104. The van der Waals surface area contributed by atoms with E-state index in [0.717, 1.165) is 27.3 Å². The molecule has 8 heteroatoms. The molecule has 0 saturated heterocycles. The number of hydrogen-bond donors (Lipinski definition) is 1. The molecule has 1 amide bonds. The largest absolute Gasteiger partial charge is 0.476 e. The van der Waals surface area contributed by atoms with E-state index in [9.17, 15) is 13.2 Å². The van der Waals surface area contributed by atoms with Gasteiger partial charge in [0.2, 0.25) is 10.0 Å². The summed E-state index contributed by atoms with van der Waals surface area (Å²) >= 11 is 5.99. The quantitative estimate of drug-likeness (QED) is 0.844. The van der Waals surface area contributed by atoms with Crippen molar-refractivity contribution in [2.24, 2.45) is 0 Å². The molecule has 1 N–H and O–H groups in total. The van der Waals surface area contributed by atoms with E-state index >= 15 is 0 Å². The van der Waals surface area contributed by atoms with Gasteiger partial charge in [-0.25, -0.2) is 8.42 Å².